The van der Waals surface area contributed by atoms with Gasteiger partial charge in [-0.1, -0.05) is 32.0 Å². The van der Waals surface area contributed by atoms with Crippen molar-refractivity contribution in [3.63, 3.8) is 0 Å². The van der Waals surface area contributed by atoms with Gasteiger partial charge in [-0.15, -0.1) is 21.5 Å². The van der Waals surface area contributed by atoms with E-state index in [0.717, 1.165) is 44.2 Å². The summed E-state index contributed by atoms with van der Waals surface area (Å²) >= 11 is 1.92. The second-order valence-electron chi connectivity index (χ2n) is 6.56. The van der Waals surface area contributed by atoms with Gasteiger partial charge in [0.05, 0.1) is 0 Å². The molecule has 3 heterocycles. The van der Waals surface area contributed by atoms with Gasteiger partial charge in [-0.3, -0.25) is 4.90 Å². The maximum atomic E-state index is 4.40. The lowest BCUT2D eigenvalue weighted by Gasteiger charge is -2.18. The first-order valence-electron chi connectivity index (χ1n) is 8.32. The van der Waals surface area contributed by atoms with Crippen molar-refractivity contribution >= 4 is 21.4 Å². The molecular weight excluding hydrogens is 304 g/mol. The number of hydrogen-bond donors (Lipinski definition) is 0. The van der Waals surface area contributed by atoms with Gasteiger partial charge >= 0.3 is 0 Å². The van der Waals surface area contributed by atoms with E-state index < -0.39 is 0 Å². The van der Waals surface area contributed by atoms with Gasteiger partial charge in [0.1, 0.15) is 11.6 Å². The first kappa shape index (κ1) is 14.8. The maximum absolute atomic E-state index is 4.40. The molecular formula is C18H22N4S. The van der Waals surface area contributed by atoms with E-state index in [0.29, 0.717) is 5.92 Å². The summed E-state index contributed by atoms with van der Waals surface area (Å²) in [5, 5.41) is 10.1. The van der Waals surface area contributed by atoms with E-state index in [4.69, 9.17) is 0 Å². The first-order valence-corrected chi connectivity index (χ1v) is 9.14. The number of rotatable bonds is 3. The monoisotopic (exact) mass is 326 g/mol. The normalized spacial score (nSPS) is 16.0. The molecule has 23 heavy (non-hydrogen) atoms. The third kappa shape index (κ3) is 2.91. The SMILES string of the molecule is CC(C)c1nnc2n1CCN(Cc1cc3ccccc3s1)CC2. The Hall–Kier alpha value is -1.72. The minimum Gasteiger partial charge on any atom is -0.313 e. The highest BCUT2D eigenvalue weighted by molar-refractivity contribution is 7.19. The van der Waals surface area contributed by atoms with Gasteiger partial charge in [-0.25, -0.2) is 0 Å². The van der Waals surface area contributed by atoms with E-state index in [2.05, 4.69) is 63.8 Å². The van der Waals surface area contributed by atoms with Crippen LogP contribution in [0, 0.1) is 0 Å². The van der Waals surface area contributed by atoms with Crippen LogP contribution in [0.1, 0.15) is 36.3 Å². The van der Waals surface area contributed by atoms with Crippen LogP contribution in [0.15, 0.2) is 30.3 Å². The molecule has 2 aromatic heterocycles. The van der Waals surface area contributed by atoms with E-state index in [1.807, 2.05) is 11.3 Å². The smallest absolute Gasteiger partial charge is 0.135 e. The highest BCUT2D eigenvalue weighted by Crippen LogP contribution is 2.27. The van der Waals surface area contributed by atoms with E-state index in [9.17, 15) is 0 Å². The Kier molecular flexibility index (Phi) is 3.91. The average molecular weight is 326 g/mol. The molecule has 4 rings (SSSR count). The predicted molar refractivity (Wildman–Crippen MR) is 94.9 cm³/mol. The molecule has 0 fully saturated rings. The lowest BCUT2D eigenvalue weighted by atomic mass is 10.2. The molecule has 0 saturated carbocycles. The molecule has 120 valence electrons. The Morgan fingerprint density at radius 1 is 1.13 bits per heavy atom. The van der Waals surface area contributed by atoms with Crippen molar-refractivity contribution in [1.82, 2.24) is 19.7 Å². The Morgan fingerprint density at radius 3 is 2.83 bits per heavy atom. The summed E-state index contributed by atoms with van der Waals surface area (Å²) in [5.41, 5.74) is 0. The first-order chi connectivity index (χ1) is 11.2. The molecule has 5 heteroatoms. The zero-order chi connectivity index (χ0) is 15.8. The van der Waals surface area contributed by atoms with Crippen LogP contribution >= 0.6 is 11.3 Å². The Morgan fingerprint density at radius 2 is 2.00 bits per heavy atom. The van der Waals surface area contributed by atoms with Crippen LogP contribution < -0.4 is 0 Å². The van der Waals surface area contributed by atoms with Crippen LogP contribution in [-0.2, 0) is 19.5 Å². The largest absolute Gasteiger partial charge is 0.313 e. The minimum absolute atomic E-state index is 0.436. The van der Waals surface area contributed by atoms with E-state index in [1.54, 1.807) is 0 Å². The summed E-state index contributed by atoms with van der Waals surface area (Å²) in [6.45, 7) is 8.55. The predicted octanol–water partition coefficient (Wildman–Crippen LogP) is 3.67. The number of aromatic nitrogens is 3. The van der Waals surface area contributed by atoms with Crippen molar-refractivity contribution in [2.45, 2.75) is 39.3 Å². The number of benzene rings is 1. The molecule has 0 radical (unpaired) electrons. The number of hydrogen-bond acceptors (Lipinski definition) is 4. The summed E-state index contributed by atoms with van der Waals surface area (Å²) in [6.07, 6.45) is 0.991. The third-order valence-corrected chi connectivity index (χ3v) is 5.62. The molecule has 1 aliphatic rings. The van der Waals surface area contributed by atoms with E-state index in [1.165, 1.54) is 15.0 Å². The molecule has 0 N–H and O–H groups in total. The highest BCUT2D eigenvalue weighted by Gasteiger charge is 2.20. The van der Waals surface area contributed by atoms with Crippen molar-refractivity contribution in [1.29, 1.82) is 0 Å². The molecule has 0 aliphatic carbocycles. The molecule has 4 nitrogen and oxygen atoms in total. The molecule has 0 saturated heterocycles. The van der Waals surface area contributed by atoms with Crippen LogP contribution in [0.2, 0.25) is 0 Å². The van der Waals surface area contributed by atoms with Gasteiger partial charge < -0.3 is 4.57 Å². The summed E-state index contributed by atoms with van der Waals surface area (Å²) in [6, 6.07) is 11.0. The van der Waals surface area contributed by atoms with Crippen LogP contribution in [-0.4, -0.2) is 32.8 Å². The summed E-state index contributed by atoms with van der Waals surface area (Å²) in [4.78, 5) is 4.00. The molecule has 1 aromatic carbocycles. The Balaban J connectivity index is 1.49. The van der Waals surface area contributed by atoms with Gasteiger partial charge in [0.25, 0.3) is 0 Å². The topological polar surface area (TPSA) is 34.0 Å². The molecule has 0 atom stereocenters. The van der Waals surface area contributed by atoms with E-state index in [-0.39, 0.29) is 0 Å². The highest BCUT2D eigenvalue weighted by atomic mass is 32.1. The Labute approximate surface area is 140 Å². The second kappa shape index (κ2) is 6.06. The lowest BCUT2D eigenvalue weighted by Crippen LogP contribution is -2.26. The van der Waals surface area contributed by atoms with Crippen molar-refractivity contribution in [3.05, 3.63) is 46.9 Å². The molecule has 3 aromatic rings. The van der Waals surface area contributed by atoms with Crippen molar-refractivity contribution < 1.29 is 0 Å². The Bertz CT molecular complexity index is 784. The molecule has 0 unspecified atom stereocenters. The van der Waals surface area contributed by atoms with Crippen LogP contribution in [0.4, 0.5) is 0 Å². The quantitative estimate of drug-likeness (QED) is 0.736. The fraction of sp³-hybridized carbons (Fsp3) is 0.444. The minimum atomic E-state index is 0.436. The summed E-state index contributed by atoms with van der Waals surface area (Å²) in [7, 11) is 0. The zero-order valence-electron chi connectivity index (χ0n) is 13.7. The fourth-order valence-corrected chi connectivity index (χ4v) is 4.42. The molecule has 0 spiro atoms. The van der Waals surface area contributed by atoms with Crippen LogP contribution in [0.5, 0.6) is 0 Å². The standard InChI is InChI=1S/C18H22N4S/c1-13(2)18-20-19-17-7-8-21(9-10-22(17)18)12-15-11-14-5-3-4-6-16(14)23-15/h3-6,11,13H,7-10,12H2,1-2H3. The third-order valence-electron chi connectivity index (χ3n) is 4.52. The molecule has 0 bridgehead atoms. The molecule has 0 amide bonds. The van der Waals surface area contributed by atoms with Crippen molar-refractivity contribution in [2.75, 3.05) is 13.1 Å². The van der Waals surface area contributed by atoms with Gasteiger partial charge in [0.2, 0.25) is 0 Å². The van der Waals surface area contributed by atoms with Crippen molar-refractivity contribution in [2.24, 2.45) is 0 Å². The van der Waals surface area contributed by atoms with Crippen LogP contribution in [0.25, 0.3) is 10.1 Å². The average Bonchev–Trinajstić information content (AvgIpc) is 3.08. The van der Waals surface area contributed by atoms with Gasteiger partial charge in [-0.2, -0.15) is 0 Å². The van der Waals surface area contributed by atoms with Gasteiger partial charge in [-0.05, 0) is 17.5 Å². The fourth-order valence-electron chi connectivity index (χ4n) is 3.31. The van der Waals surface area contributed by atoms with Crippen LogP contribution in [0.3, 0.4) is 0 Å². The lowest BCUT2D eigenvalue weighted by molar-refractivity contribution is 0.272. The molecule has 1 aliphatic heterocycles. The second-order valence-corrected chi connectivity index (χ2v) is 7.73. The van der Waals surface area contributed by atoms with Crippen molar-refractivity contribution in [3.8, 4) is 0 Å². The van der Waals surface area contributed by atoms with Gasteiger partial charge in [0, 0.05) is 48.1 Å². The summed E-state index contributed by atoms with van der Waals surface area (Å²) in [5.74, 6) is 2.71. The maximum Gasteiger partial charge on any atom is 0.135 e. The van der Waals surface area contributed by atoms with Gasteiger partial charge in [0.15, 0.2) is 0 Å². The zero-order valence-corrected chi connectivity index (χ0v) is 14.5. The number of nitrogens with zero attached hydrogens (tertiary/aromatic N) is 4. The number of fused-ring (bicyclic) bond motifs is 2. The number of thiophene rings is 1. The van der Waals surface area contributed by atoms with E-state index >= 15 is 0 Å². The summed E-state index contributed by atoms with van der Waals surface area (Å²) < 4.78 is 3.71.